The molecule has 0 spiro atoms. The van der Waals surface area contributed by atoms with Gasteiger partial charge in [-0.05, 0) is 25.0 Å². The molecule has 78 valence electrons. The van der Waals surface area contributed by atoms with E-state index in [4.69, 9.17) is 11.0 Å². The molecule has 15 heavy (non-hydrogen) atoms. The van der Waals surface area contributed by atoms with Gasteiger partial charge in [-0.25, -0.2) is 4.98 Å². The van der Waals surface area contributed by atoms with E-state index < -0.39 is 0 Å². The maximum absolute atomic E-state index is 8.78. The first-order valence-corrected chi connectivity index (χ1v) is 5.15. The average Bonchev–Trinajstić information content (AvgIpc) is 2.30. The van der Waals surface area contributed by atoms with Crippen LogP contribution in [-0.4, -0.2) is 18.1 Å². The number of piperidine rings is 1. The monoisotopic (exact) mass is 202 g/mol. The van der Waals surface area contributed by atoms with Crippen LogP contribution < -0.4 is 10.6 Å². The number of nitriles is 1. The number of hydrogen-bond donors (Lipinski definition) is 1. The Balaban J connectivity index is 2.02. The van der Waals surface area contributed by atoms with Gasteiger partial charge in [-0.2, -0.15) is 5.26 Å². The van der Waals surface area contributed by atoms with Crippen molar-refractivity contribution < 1.29 is 0 Å². The fourth-order valence-corrected chi connectivity index (χ4v) is 1.82. The minimum absolute atomic E-state index is 0.218. The van der Waals surface area contributed by atoms with E-state index in [1.165, 1.54) is 0 Å². The second-order valence-corrected chi connectivity index (χ2v) is 3.84. The van der Waals surface area contributed by atoms with Crippen LogP contribution in [0.3, 0.4) is 0 Å². The van der Waals surface area contributed by atoms with Gasteiger partial charge in [0, 0.05) is 19.0 Å². The van der Waals surface area contributed by atoms with Crippen LogP contribution in [0.2, 0.25) is 0 Å². The minimum Gasteiger partial charge on any atom is -0.397 e. The summed E-state index contributed by atoms with van der Waals surface area (Å²) in [5.41, 5.74) is 6.26. The van der Waals surface area contributed by atoms with Gasteiger partial charge in [0.25, 0.3) is 0 Å². The number of nitrogens with zero attached hydrogens (tertiary/aromatic N) is 3. The Kier molecular flexibility index (Phi) is 2.72. The first kappa shape index (κ1) is 9.78. The first-order chi connectivity index (χ1) is 7.29. The molecule has 2 N–H and O–H groups in total. The van der Waals surface area contributed by atoms with Crippen LogP contribution in [0.15, 0.2) is 18.3 Å². The highest BCUT2D eigenvalue weighted by atomic mass is 15.2. The number of aromatic nitrogens is 1. The molecule has 0 unspecified atom stereocenters. The lowest BCUT2D eigenvalue weighted by atomic mass is 9.99. The molecule has 0 aliphatic carbocycles. The number of nitrogen functional groups attached to an aromatic ring is 1. The van der Waals surface area contributed by atoms with Crippen molar-refractivity contribution in [3.05, 3.63) is 18.3 Å². The number of anilines is 2. The molecule has 2 rings (SSSR count). The lowest BCUT2D eigenvalue weighted by Crippen LogP contribution is -2.33. The summed E-state index contributed by atoms with van der Waals surface area (Å²) in [4.78, 5) is 6.47. The van der Waals surface area contributed by atoms with E-state index in [-0.39, 0.29) is 5.92 Å². The van der Waals surface area contributed by atoms with E-state index in [1.54, 1.807) is 6.20 Å². The lowest BCUT2D eigenvalue weighted by Gasteiger charge is -2.29. The molecule has 1 aliphatic heterocycles. The molecular formula is C11H14N4. The summed E-state index contributed by atoms with van der Waals surface area (Å²) < 4.78 is 0. The van der Waals surface area contributed by atoms with Gasteiger partial charge in [0.15, 0.2) is 0 Å². The number of rotatable bonds is 1. The molecule has 0 radical (unpaired) electrons. The molecule has 4 heteroatoms. The molecular weight excluding hydrogens is 188 g/mol. The molecule has 0 bridgehead atoms. The quantitative estimate of drug-likeness (QED) is 0.747. The third kappa shape index (κ3) is 2.18. The van der Waals surface area contributed by atoms with Gasteiger partial charge in [-0.3, -0.25) is 0 Å². The van der Waals surface area contributed by atoms with Crippen LogP contribution in [0.5, 0.6) is 0 Å². The van der Waals surface area contributed by atoms with E-state index in [0.717, 1.165) is 31.7 Å². The van der Waals surface area contributed by atoms with Crippen molar-refractivity contribution in [1.82, 2.24) is 4.98 Å². The molecule has 0 atom stereocenters. The molecule has 1 fully saturated rings. The van der Waals surface area contributed by atoms with E-state index >= 15 is 0 Å². The summed E-state index contributed by atoms with van der Waals surface area (Å²) in [5, 5.41) is 8.78. The van der Waals surface area contributed by atoms with Crippen molar-refractivity contribution >= 4 is 11.5 Å². The highest BCUT2D eigenvalue weighted by molar-refractivity contribution is 5.46. The zero-order valence-corrected chi connectivity index (χ0v) is 8.56. The second-order valence-electron chi connectivity index (χ2n) is 3.84. The molecule has 1 aliphatic rings. The average molecular weight is 202 g/mol. The van der Waals surface area contributed by atoms with Gasteiger partial charge in [0.2, 0.25) is 0 Å². The Labute approximate surface area is 89.3 Å². The largest absolute Gasteiger partial charge is 0.397 e. The zero-order valence-electron chi connectivity index (χ0n) is 8.56. The van der Waals surface area contributed by atoms with Crippen molar-refractivity contribution in [2.24, 2.45) is 5.92 Å². The fraction of sp³-hybridized carbons (Fsp3) is 0.455. The summed E-state index contributed by atoms with van der Waals surface area (Å²) in [6.45, 7) is 1.82. The van der Waals surface area contributed by atoms with Crippen LogP contribution in [0.4, 0.5) is 11.5 Å². The number of nitrogens with two attached hydrogens (primary N) is 1. The van der Waals surface area contributed by atoms with Crippen LogP contribution in [0.25, 0.3) is 0 Å². The number of pyridine rings is 1. The van der Waals surface area contributed by atoms with Crippen molar-refractivity contribution in [1.29, 1.82) is 5.26 Å². The smallest absolute Gasteiger partial charge is 0.128 e. The van der Waals surface area contributed by atoms with Crippen molar-refractivity contribution in [2.75, 3.05) is 23.7 Å². The summed E-state index contributed by atoms with van der Waals surface area (Å²) in [6.07, 6.45) is 3.54. The topological polar surface area (TPSA) is 65.9 Å². The van der Waals surface area contributed by atoms with Crippen molar-refractivity contribution in [2.45, 2.75) is 12.8 Å². The molecule has 0 saturated carbocycles. The van der Waals surface area contributed by atoms with E-state index in [1.807, 2.05) is 12.1 Å². The molecule has 1 aromatic heterocycles. The molecule has 1 saturated heterocycles. The lowest BCUT2D eigenvalue weighted by molar-refractivity contribution is 0.485. The maximum Gasteiger partial charge on any atom is 0.128 e. The van der Waals surface area contributed by atoms with Crippen LogP contribution in [0.1, 0.15) is 12.8 Å². The second kappa shape index (κ2) is 4.18. The molecule has 1 aromatic rings. The molecule has 2 heterocycles. The zero-order chi connectivity index (χ0) is 10.7. The third-order valence-corrected chi connectivity index (χ3v) is 2.77. The van der Waals surface area contributed by atoms with Gasteiger partial charge >= 0.3 is 0 Å². The van der Waals surface area contributed by atoms with Gasteiger partial charge in [-0.15, -0.1) is 0 Å². The van der Waals surface area contributed by atoms with Gasteiger partial charge in [0.05, 0.1) is 18.0 Å². The highest BCUT2D eigenvalue weighted by Crippen LogP contribution is 2.21. The normalized spacial score (nSPS) is 17.4. The molecule has 0 aromatic carbocycles. The Bertz CT molecular complexity index is 357. The summed E-state index contributed by atoms with van der Waals surface area (Å²) in [6, 6.07) is 6.11. The predicted molar refractivity (Wildman–Crippen MR) is 59.2 cm³/mol. The predicted octanol–water partition coefficient (Wildman–Crippen LogP) is 1.40. The van der Waals surface area contributed by atoms with Crippen LogP contribution in [0, 0.1) is 17.2 Å². The standard InChI is InChI=1S/C11H14N4/c12-7-9-3-5-15(6-4-9)11-2-1-10(13)8-14-11/h1-2,8-9H,3-6,13H2. The number of hydrogen-bond acceptors (Lipinski definition) is 4. The fourth-order valence-electron chi connectivity index (χ4n) is 1.82. The van der Waals surface area contributed by atoms with Crippen LogP contribution in [-0.2, 0) is 0 Å². The summed E-state index contributed by atoms with van der Waals surface area (Å²) in [5.74, 6) is 1.18. The van der Waals surface area contributed by atoms with Gasteiger partial charge in [-0.1, -0.05) is 0 Å². The summed E-state index contributed by atoms with van der Waals surface area (Å²) in [7, 11) is 0. The third-order valence-electron chi connectivity index (χ3n) is 2.77. The van der Waals surface area contributed by atoms with Crippen molar-refractivity contribution in [3.8, 4) is 6.07 Å². The Hall–Kier alpha value is -1.76. The van der Waals surface area contributed by atoms with Gasteiger partial charge < -0.3 is 10.6 Å². The van der Waals surface area contributed by atoms with E-state index in [9.17, 15) is 0 Å². The van der Waals surface area contributed by atoms with Gasteiger partial charge in [0.1, 0.15) is 5.82 Å². The van der Waals surface area contributed by atoms with E-state index in [2.05, 4.69) is 16.0 Å². The molecule has 4 nitrogen and oxygen atoms in total. The van der Waals surface area contributed by atoms with E-state index in [0.29, 0.717) is 5.69 Å². The highest BCUT2D eigenvalue weighted by Gasteiger charge is 2.19. The van der Waals surface area contributed by atoms with Crippen molar-refractivity contribution in [3.63, 3.8) is 0 Å². The summed E-state index contributed by atoms with van der Waals surface area (Å²) >= 11 is 0. The maximum atomic E-state index is 8.78. The Morgan fingerprint density at radius 2 is 2.13 bits per heavy atom. The Morgan fingerprint density at radius 3 is 2.67 bits per heavy atom. The molecule has 0 amide bonds. The minimum atomic E-state index is 0.218. The first-order valence-electron chi connectivity index (χ1n) is 5.15. The SMILES string of the molecule is N#CC1CCN(c2ccc(N)cn2)CC1. The van der Waals surface area contributed by atoms with Crippen LogP contribution >= 0.6 is 0 Å². The Morgan fingerprint density at radius 1 is 1.40 bits per heavy atom.